The first kappa shape index (κ1) is 13.4. The van der Waals surface area contributed by atoms with Gasteiger partial charge < -0.3 is 4.90 Å². The third-order valence-corrected chi connectivity index (χ3v) is 3.31. The van der Waals surface area contributed by atoms with E-state index in [2.05, 4.69) is 92.7 Å². The van der Waals surface area contributed by atoms with Crippen molar-refractivity contribution in [1.29, 1.82) is 0 Å². The fraction of sp³-hybridized carbons (Fsp3) is 0.222. The lowest BCUT2D eigenvalue weighted by atomic mass is 10.00. The van der Waals surface area contributed by atoms with E-state index in [1.165, 1.54) is 16.8 Å². The maximum Gasteiger partial charge on any atom is 0.0361 e. The van der Waals surface area contributed by atoms with Crippen molar-refractivity contribution in [2.24, 2.45) is 0 Å². The van der Waals surface area contributed by atoms with E-state index >= 15 is 0 Å². The Labute approximate surface area is 116 Å². The number of nitrogens with zero attached hydrogens (tertiary/aromatic N) is 1. The van der Waals surface area contributed by atoms with E-state index in [1.807, 2.05) is 0 Å². The van der Waals surface area contributed by atoms with Crippen LogP contribution in [0.25, 0.3) is 6.08 Å². The normalized spacial score (nSPS) is 12.6. The topological polar surface area (TPSA) is 3.24 Å². The molecule has 0 amide bonds. The van der Waals surface area contributed by atoms with E-state index in [1.54, 1.807) is 0 Å². The molecule has 98 valence electrons. The molecular weight excluding hydrogens is 230 g/mol. The molecule has 0 saturated carbocycles. The van der Waals surface area contributed by atoms with E-state index in [9.17, 15) is 0 Å². The number of allylic oxidation sites excluding steroid dienone is 1. The summed E-state index contributed by atoms with van der Waals surface area (Å²) in [4.78, 5) is 2.11. The zero-order chi connectivity index (χ0) is 13.7. The molecule has 1 nitrogen and oxygen atoms in total. The quantitative estimate of drug-likeness (QED) is 0.769. The molecule has 0 aliphatic rings. The Bertz CT molecular complexity index is 523. The Hall–Kier alpha value is -2.02. The Morgan fingerprint density at radius 2 is 1.53 bits per heavy atom. The van der Waals surface area contributed by atoms with Crippen molar-refractivity contribution in [3.63, 3.8) is 0 Å². The van der Waals surface area contributed by atoms with Crippen molar-refractivity contribution < 1.29 is 0 Å². The second-order valence-electron chi connectivity index (χ2n) is 5.04. The second-order valence-corrected chi connectivity index (χ2v) is 5.04. The summed E-state index contributed by atoms with van der Waals surface area (Å²) in [5, 5.41) is 0. The highest BCUT2D eigenvalue weighted by molar-refractivity contribution is 5.56. The van der Waals surface area contributed by atoms with Crippen molar-refractivity contribution in [2.45, 2.75) is 12.8 Å². The molecule has 2 aromatic carbocycles. The minimum Gasteiger partial charge on any atom is -0.378 e. The number of hydrogen-bond acceptors (Lipinski definition) is 1. The van der Waals surface area contributed by atoms with Gasteiger partial charge in [0.2, 0.25) is 0 Å². The van der Waals surface area contributed by atoms with Gasteiger partial charge in [-0.15, -0.1) is 0 Å². The summed E-state index contributed by atoms with van der Waals surface area (Å²) in [6.07, 6.45) is 4.44. The minimum absolute atomic E-state index is 0.440. The lowest BCUT2D eigenvalue weighted by molar-refractivity contribution is 0.973. The molecule has 0 fully saturated rings. The first-order valence-corrected chi connectivity index (χ1v) is 6.67. The Morgan fingerprint density at radius 3 is 2.11 bits per heavy atom. The summed E-state index contributed by atoms with van der Waals surface area (Å²) in [5.41, 5.74) is 3.82. The highest BCUT2D eigenvalue weighted by Crippen LogP contribution is 2.18. The van der Waals surface area contributed by atoms with Crippen LogP contribution in [0, 0.1) is 0 Å². The van der Waals surface area contributed by atoms with E-state index in [0.29, 0.717) is 5.92 Å². The van der Waals surface area contributed by atoms with Crippen LogP contribution < -0.4 is 4.90 Å². The van der Waals surface area contributed by atoms with Crippen molar-refractivity contribution in [3.05, 3.63) is 71.8 Å². The Morgan fingerprint density at radius 1 is 0.895 bits per heavy atom. The molecule has 0 saturated heterocycles. The summed E-state index contributed by atoms with van der Waals surface area (Å²) in [6, 6.07) is 19.2. The van der Waals surface area contributed by atoms with E-state index in [4.69, 9.17) is 0 Å². The van der Waals surface area contributed by atoms with Crippen molar-refractivity contribution in [1.82, 2.24) is 0 Å². The molecule has 1 atom stereocenters. The molecule has 0 spiro atoms. The number of benzene rings is 2. The average Bonchev–Trinajstić information content (AvgIpc) is 2.46. The molecule has 0 bridgehead atoms. The zero-order valence-corrected chi connectivity index (χ0v) is 11.9. The molecule has 0 radical (unpaired) electrons. The van der Waals surface area contributed by atoms with Gasteiger partial charge in [0.05, 0.1) is 0 Å². The predicted molar refractivity (Wildman–Crippen MR) is 84.7 cm³/mol. The largest absolute Gasteiger partial charge is 0.378 e. The van der Waals surface area contributed by atoms with Gasteiger partial charge in [-0.3, -0.25) is 0 Å². The lowest BCUT2D eigenvalue weighted by Gasteiger charge is -2.12. The average molecular weight is 251 g/mol. The standard InChI is InChI=1S/C18H21N/c1-15(17-7-5-4-6-8-17)9-10-16-11-13-18(14-12-16)19(2)3/h4-15H,1-3H3/b10-9+. The molecule has 1 unspecified atom stereocenters. The molecule has 0 aromatic heterocycles. The second kappa shape index (κ2) is 6.24. The van der Waals surface area contributed by atoms with Crippen LogP contribution in [0.15, 0.2) is 60.7 Å². The van der Waals surface area contributed by atoms with Crippen molar-refractivity contribution in [3.8, 4) is 0 Å². The minimum atomic E-state index is 0.440. The van der Waals surface area contributed by atoms with Crippen LogP contribution >= 0.6 is 0 Å². The summed E-state index contributed by atoms with van der Waals surface area (Å²) >= 11 is 0. The van der Waals surface area contributed by atoms with Gasteiger partial charge >= 0.3 is 0 Å². The van der Waals surface area contributed by atoms with Crippen LogP contribution in [0.3, 0.4) is 0 Å². The van der Waals surface area contributed by atoms with Crippen LogP contribution in [0.1, 0.15) is 24.0 Å². The van der Waals surface area contributed by atoms with E-state index in [0.717, 1.165) is 0 Å². The summed E-state index contributed by atoms with van der Waals surface area (Å²) in [6.45, 7) is 2.22. The van der Waals surface area contributed by atoms with Crippen LogP contribution in [0.4, 0.5) is 5.69 Å². The highest BCUT2D eigenvalue weighted by Gasteiger charge is 1.99. The van der Waals surface area contributed by atoms with Crippen LogP contribution in [-0.4, -0.2) is 14.1 Å². The maximum absolute atomic E-state index is 2.25. The van der Waals surface area contributed by atoms with Gasteiger partial charge in [-0.05, 0) is 29.2 Å². The molecule has 0 aliphatic heterocycles. The smallest absolute Gasteiger partial charge is 0.0361 e. The van der Waals surface area contributed by atoms with Crippen LogP contribution in [-0.2, 0) is 0 Å². The van der Waals surface area contributed by atoms with Gasteiger partial charge in [0, 0.05) is 19.8 Å². The summed E-state index contributed by atoms with van der Waals surface area (Å²) < 4.78 is 0. The predicted octanol–water partition coefficient (Wildman–Crippen LogP) is 4.57. The third kappa shape index (κ3) is 3.72. The van der Waals surface area contributed by atoms with E-state index < -0.39 is 0 Å². The third-order valence-electron chi connectivity index (χ3n) is 3.31. The van der Waals surface area contributed by atoms with Gasteiger partial charge in [0.25, 0.3) is 0 Å². The zero-order valence-electron chi connectivity index (χ0n) is 11.9. The number of anilines is 1. The summed E-state index contributed by atoms with van der Waals surface area (Å²) in [7, 11) is 4.12. The molecule has 2 aromatic rings. The number of hydrogen-bond donors (Lipinski definition) is 0. The van der Waals surface area contributed by atoms with E-state index in [-0.39, 0.29) is 0 Å². The van der Waals surface area contributed by atoms with Gasteiger partial charge in [-0.2, -0.15) is 0 Å². The molecule has 19 heavy (non-hydrogen) atoms. The molecular formula is C18H21N. The van der Waals surface area contributed by atoms with Gasteiger partial charge in [-0.1, -0.05) is 61.5 Å². The van der Waals surface area contributed by atoms with Crippen LogP contribution in [0.5, 0.6) is 0 Å². The molecule has 0 N–H and O–H groups in total. The molecule has 0 heterocycles. The monoisotopic (exact) mass is 251 g/mol. The van der Waals surface area contributed by atoms with Gasteiger partial charge in [-0.25, -0.2) is 0 Å². The first-order valence-electron chi connectivity index (χ1n) is 6.67. The highest BCUT2D eigenvalue weighted by atomic mass is 15.1. The summed E-state index contributed by atoms with van der Waals surface area (Å²) in [5.74, 6) is 0.440. The fourth-order valence-corrected chi connectivity index (χ4v) is 2.01. The van der Waals surface area contributed by atoms with Crippen LogP contribution in [0.2, 0.25) is 0 Å². The van der Waals surface area contributed by atoms with Gasteiger partial charge in [0.15, 0.2) is 0 Å². The Balaban J connectivity index is 2.06. The SMILES string of the molecule is CC(/C=C/c1ccc(N(C)C)cc1)c1ccccc1. The fourth-order valence-electron chi connectivity index (χ4n) is 2.01. The molecule has 2 rings (SSSR count). The Kier molecular flexibility index (Phi) is 4.40. The molecule has 0 aliphatic carbocycles. The lowest BCUT2D eigenvalue weighted by Crippen LogP contribution is -2.07. The van der Waals surface area contributed by atoms with Crippen molar-refractivity contribution >= 4 is 11.8 Å². The molecule has 1 heteroatoms. The van der Waals surface area contributed by atoms with Crippen molar-refractivity contribution in [2.75, 3.05) is 19.0 Å². The van der Waals surface area contributed by atoms with Gasteiger partial charge in [0.1, 0.15) is 0 Å². The first-order chi connectivity index (χ1) is 9.16. The number of rotatable bonds is 4. The maximum atomic E-state index is 2.25.